The molecule has 104 valence electrons. The molecule has 1 saturated heterocycles. The molecule has 0 bridgehead atoms. The Bertz CT molecular complexity index is 629. The minimum Gasteiger partial charge on any atom is -0.398 e. The lowest BCUT2D eigenvalue weighted by Gasteiger charge is -2.25. The van der Waals surface area contributed by atoms with E-state index in [1.165, 1.54) is 12.1 Å². The van der Waals surface area contributed by atoms with E-state index in [4.69, 9.17) is 5.73 Å². The first kappa shape index (κ1) is 13.6. The Kier molecular flexibility index (Phi) is 3.13. The van der Waals surface area contributed by atoms with E-state index in [1.807, 2.05) is 0 Å². The second kappa shape index (κ2) is 4.37. The molecule has 0 radical (unpaired) electrons. The fourth-order valence-electron chi connectivity index (χ4n) is 2.27. The molecule has 0 spiro atoms. The van der Waals surface area contributed by atoms with E-state index in [0.29, 0.717) is 12.1 Å². The number of nitrogens with two attached hydrogens (primary N) is 1. The summed E-state index contributed by atoms with van der Waals surface area (Å²) in [6, 6.07) is 4.18. The van der Waals surface area contributed by atoms with Gasteiger partial charge in [0.1, 0.15) is 0 Å². The summed E-state index contributed by atoms with van der Waals surface area (Å²) in [6.07, 6.45) is 0.470. The van der Waals surface area contributed by atoms with Gasteiger partial charge in [-0.05, 0) is 19.4 Å². The van der Waals surface area contributed by atoms with Gasteiger partial charge in [0.15, 0.2) is 9.84 Å². The zero-order valence-corrected chi connectivity index (χ0v) is 11.2. The molecule has 1 aromatic rings. The van der Waals surface area contributed by atoms with Crippen LogP contribution in [-0.2, 0) is 9.84 Å². The number of hydrogen-bond donors (Lipinski definition) is 2. The zero-order chi connectivity index (χ0) is 14.3. The molecule has 3 N–H and O–H groups in total. The van der Waals surface area contributed by atoms with Gasteiger partial charge in [-0.3, -0.25) is 10.1 Å². The van der Waals surface area contributed by atoms with Crippen LogP contribution >= 0.6 is 0 Å². The Morgan fingerprint density at radius 1 is 1.42 bits per heavy atom. The van der Waals surface area contributed by atoms with Crippen molar-refractivity contribution in [3.8, 4) is 0 Å². The van der Waals surface area contributed by atoms with Crippen molar-refractivity contribution >= 4 is 26.9 Å². The normalized spacial score (nSPS) is 25.1. The van der Waals surface area contributed by atoms with Gasteiger partial charge >= 0.3 is 0 Å². The Labute approximate surface area is 110 Å². The first-order chi connectivity index (χ1) is 8.69. The van der Waals surface area contributed by atoms with Gasteiger partial charge in [-0.25, -0.2) is 8.42 Å². The summed E-state index contributed by atoms with van der Waals surface area (Å²) in [5.74, 6) is 0.142. The van der Waals surface area contributed by atoms with Crippen molar-refractivity contribution in [1.82, 2.24) is 0 Å². The minimum atomic E-state index is -3.04. The van der Waals surface area contributed by atoms with Gasteiger partial charge in [0, 0.05) is 29.0 Å². The number of rotatable bonds is 3. The third-order valence-corrected chi connectivity index (χ3v) is 5.00. The molecule has 1 aromatic carbocycles. The number of sulfone groups is 1. The number of benzene rings is 1. The van der Waals surface area contributed by atoms with Crippen LogP contribution in [0.15, 0.2) is 18.2 Å². The highest BCUT2D eigenvalue weighted by atomic mass is 32.2. The number of hydrogen-bond acceptors (Lipinski definition) is 6. The van der Waals surface area contributed by atoms with Crippen molar-refractivity contribution < 1.29 is 13.3 Å². The van der Waals surface area contributed by atoms with Crippen LogP contribution in [0, 0.1) is 10.1 Å². The third-order valence-electron chi connectivity index (χ3n) is 3.10. The van der Waals surface area contributed by atoms with Crippen molar-refractivity contribution in [3.63, 3.8) is 0 Å². The second-order valence-electron chi connectivity index (χ2n) is 5.10. The molecule has 1 atom stereocenters. The van der Waals surface area contributed by atoms with E-state index in [2.05, 4.69) is 5.32 Å². The summed E-state index contributed by atoms with van der Waals surface area (Å²) in [5, 5.41) is 13.8. The van der Waals surface area contributed by atoms with Gasteiger partial charge in [-0.1, -0.05) is 0 Å². The molecule has 2 rings (SSSR count). The van der Waals surface area contributed by atoms with Crippen LogP contribution in [0.1, 0.15) is 13.3 Å². The van der Waals surface area contributed by atoms with Crippen molar-refractivity contribution in [1.29, 1.82) is 0 Å². The smallest absolute Gasteiger partial charge is 0.273 e. The number of nitrogens with zero attached hydrogens (tertiary/aromatic N) is 1. The van der Waals surface area contributed by atoms with E-state index in [1.54, 1.807) is 13.0 Å². The molecule has 8 heteroatoms. The molecule has 0 saturated carbocycles. The number of nitro groups is 1. The maximum absolute atomic E-state index is 11.5. The van der Waals surface area contributed by atoms with Crippen LogP contribution in [0.2, 0.25) is 0 Å². The maximum Gasteiger partial charge on any atom is 0.273 e. The van der Waals surface area contributed by atoms with Crippen LogP contribution in [0.3, 0.4) is 0 Å². The molecule has 0 aromatic heterocycles. The van der Waals surface area contributed by atoms with Crippen LogP contribution in [0.5, 0.6) is 0 Å². The number of nitro benzene ring substituents is 1. The zero-order valence-electron chi connectivity index (χ0n) is 10.4. The average Bonchev–Trinajstić information content (AvgIpc) is 2.51. The van der Waals surface area contributed by atoms with E-state index in [-0.39, 0.29) is 22.9 Å². The lowest BCUT2D eigenvalue weighted by molar-refractivity contribution is -0.384. The van der Waals surface area contributed by atoms with Gasteiger partial charge < -0.3 is 11.1 Å². The van der Waals surface area contributed by atoms with Gasteiger partial charge in [-0.2, -0.15) is 0 Å². The molecule has 1 unspecified atom stereocenters. The molecule has 19 heavy (non-hydrogen) atoms. The molecule has 1 aliphatic rings. The summed E-state index contributed by atoms with van der Waals surface area (Å²) in [4.78, 5) is 10.2. The highest BCUT2D eigenvalue weighted by molar-refractivity contribution is 7.91. The predicted octanol–water partition coefficient (Wildman–Crippen LogP) is 1.17. The largest absolute Gasteiger partial charge is 0.398 e. The lowest BCUT2D eigenvalue weighted by Crippen LogP contribution is -2.35. The maximum atomic E-state index is 11.5. The molecule has 1 aliphatic heterocycles. The molecular weight excluding hydrogens is 270 g/mol. The number of nitrogens with one attached hydrogen (secondary N) is 1. The van der Waals surface area contributed by atoms with Crippen LogP contribution < -0.4 is 11.1 Å². The topological polar surface area (TPSA) is 115 Å². The second-order valence-corrected chi connectivity index (χ2v) is 7.28. The molecule has 0 amide bonds. The SMILES string of the molecule is CC1(Nc2cc(N)cc([N+](=O)[O-])c2)CCS(=O)(=O)C1. The fraction of sp³-hybridized carbons (Fsp3) is 0.455. The average molecular weight is 285 g/mol. The molecule has 0 aliphatic carbocycles. The highest BCUT2D eigenvalue weighted by Crippen LogP contribution is 2.30. The van der Waals surface area contributed by atoms with Gasteiger partial charge in [0.2, 0.25) is 0 Å². The van der Waals surface area contributed by atoms with Crippen LogP contribution in [0.4, 0.5) is 17.1 Å². The highest BCUT2D eigenvalue weighted by Gasteiger charge is 2.38. The number of non-ortho nitro benzene ring substituents is 1. The first-order valence-electron chi connectivity index (χ1n) is 5.73. The molecule has 7 nitrogen and oxygen atoms in total. The van der Waals surface area contributed by atoms with Crippen molar-refractivity contribution in [2.24, 2.45) is 0 Å². The summed E-state index contributed by atoms with van der Waals surface area (Å²) in [6.45, 7) is 1.78. The van der Waals surface area contributed by atoms with Crippen molar-refractivity contribution in [3.05, 3.63) is 28.3 Å². The lowest BCUT2D eigenvalue weighted by atomic mass is 10.0. The Morgan fingerprint density at radius 2 is 2.11 bits per heavy atom. The standard InChI is InChI=1S/C11H15N3O4S/c1-11(2-3-19(17,18)7-11)13-9-4-8(12)5-10(6-9)14(15)16/h4-6,13H,2-3,7,12H2,1H3. The van der Waals surface area contributed by atoms with Crippen LogP contribution in [0.25, 0.3) is 0 Å². The van der Waals surface area contributed by atoms with E-state index >= 15 is 0 Å². The van der Waals surface area contributed by atoms with Crippen LogP contribution in [-0.4, -0.2) is 30.4 Å². The molecule has 1 heterocycles. The Morgan fingerprint density at radius 3 is 2.63 bits per heavy atom. The number of nitrogen functional groups attached to an aromatic ring is 1. The molecule has 1 fully saturated rings. The van der Waals surface area contributed by atoms with Gasteiger partial charge in [-0.15, -0.1) is 0 Å². The van der Waals surface area contributed by atoms with Crippen molar-refractivity contribution in [2.75, 3.05) is 22.6 Å². The summed E-state index contributed by atoms with van der Waals surface area (Å²) >= 11 is 0. The monoisotopic (exact) mass is 285 g/mol. The minimum absolute atomic E-state index is 0.0165. The fourth-order valence-corrected chi connectivity index (χ4v) is 4.36. The first-order valence-corrected chi connectivity index (χ1v) is 7.55. The van der Waals surface area contributed by atoms with Crippen molar-refractivity contribution in [2.45, 2.75) is 18.9 Å². The Hall–Kier alpha value is -1.83. The van der Waals surface area contributed by atoms with E-state index in [0.717, 1.165) is 0 Å². The molecular formula is C11H15N3O4S. The van der Waals surface area contributed by atoms with Gasteiger partial charge in [0.05, 0.1) is 16.4 Å². The van der Waals surface area contributed by atoms with E-state index < -0.39 is 20.3 Å². The predicted molar refractivity (Wildman–Crippen MR) is 72.8 cm³/mol. The van der Waals surface area contributed by atoms with E-state index in [9.17, 15) is 18.5 Å². The third kappa shape index (κ3) is 3.14. The summed E-state index contributed by atoms with van der Waals surface area (Å²) < 4.78 is 23.0. The quantitative estimate of drug-likeness (QED) is 0.489. The Balaban J connectivity index is 2.27. The summed E-state index contributed by atoms with van der Waals surface area (Å²) in [7, 11) is -3.04. The summed E-state index contributed by atoms with van der Waals surface area (Å²) in [5.41, 5.74) is 5.61. The van der Waals surface area contributed by atoms with Gasteiger partial charge in [0.25, 0.3) is 5.69 Å². The number of anilines is 2.